The highest BCUT2D eigenvalue weighted by atomic mass is 16.6. The molecule has 1 saturated heterocycles. The molecule has 4 rings (SSSR count). The van der Waals surface area contributed by atoms with Gasteiger partial charge in [0.2, 0.25) is 0 Å². The number of H-pyrrole nitrogens is 1. The predicted octanol–water partition coefficient (Wildman–Crippen LogP) is 5.07. The number of likely N-dealkylation sites (tertiary alicyclic amines) is 1. The average molecular weight is 605 g/mol. The monoisotopic (exact) mass is 604 g/mol. The summed E-state index contributed by atoms with van der Waals surface area (Å²) in [6.45, 7) is 15.5. The lowest BCUT2D eigenvalue weighted by Crippen LogP contribution is -2.42. The molecular formula is C32H48N10O2. The fourth-order valence-electron chi connectivity index (χ4n) is 5.30. The number of aromatic amines is 1. The Hall–Kier alpha value is -4.48. The van der Waals surface area contributed by atoms with Gasteiger partial charge in [-0.25, -0.2) is 14.8 Å². The van der Waals surface area contributed by atoms with Gasteiger partial charge in [-0.1, -0.05) is 6.07 Å². The first-order valence-corrected chi connectivity index (χ1v) is 15.4. The van der Waals surface area contributed by atoms with Gasteiger partial charge in [-0.05, 0) is 78.1 Å². The van der Waals surface area contributed by atoms with Gasteiger partial charge in [0.15, 0.2) is 17.3 Å². The molecule has 1 fully saturated rings. The number of aliphatic imine (C=N–C) groups is 1. The van der Waals surface area contributed by atoms with E-state index in [1.165, 1.54) is 0 Å². The van der Waals surface area contributed by atoms with Crippen LogP contribution in [-0.4, -0.2) is 82.6 Å². The number of hydrogen-bond donors (Lipinski definition) is 5. The SMILES string of the molecule is CCNc1ccc(C(C=NC2CCN(C(=O)OC(C)(C)C)CC2)=CN)cc1N(CC)C(C)CNc1nc2cc[nH]c2nc1N. The van der Waals surface area contributed by atoms with Crippen LogP contribution in [0.3, 0.4) is 0 Å². The maximum absolute atomic E-state index is 12.4. The molecule has 0 bridgehead atoms. The van der Waals surface area contributed by atoms with Gasteiger partial charge in [0.25, 0.3) is 0 Å². The van der Waals surface area contributed by atoms with Gasteiger partial charge < -0.3 is 41.6 Å². The third-order valence-corrected chi connectivity index (χ3v) is 7.58. The van der Waals surface area contributed by atoms with Gasteiger partial charge >= 0.3 is 6.09 Å². The third kappa shape index (κ3) is 8.12. The molecule has 12 heteroatoms. The van der Waals surface area contributed by atoms with E-state index in [-0.39, 0.29) is 18.2 Å². The summed E-state index contributed by atoms with van der Waals surface area (Å²) in [5.74, 6) is 0.931. The first kappa shape index (κ1) is 32.4. The second-order valence-corrected chi connectivity index (χ2v) is 12.0. The zero-order valence-corrected chi connectivity index (χ0v) is 26.9. The van der Waals surface area contributed by atoms with Crippen molar-refractivity contribution in [2.75, 3.05) is 54.0 Å². The number of allylic oxidation sites excluding steroid dienone is 1. The van der Waals surface area contributed by atoms with E-state index in [2.05, 4.69) is 69.5 Å². The molecule has 3 heterocycles. The van der Waals surface area contributed by atoms with Crippen LogP contribution in [0.5, 0.6) is 0 Å². The molecule has 0 aliphatic carbocycles. The fourth-order valence-corrected chi connectivity index (χ4v) is 5.30. The summed E-state index contributed by atoms with van der Waals surface area (Å²) in [4.78, 5) is 33.5. The number of amides is 1. The fraction of sp³-hybridized carbons (Fsp3) is 0.500. The number of ether oxygens (including phenoxy) is 1. The minimum absolute atomic E-state index is 0.102. The van der Waals surface area contributed by atoms with Gasteiger partial charge in [-0.3, -0.25) is 4.99 Å². The summed E-state index contributed by atoms with van der Waals surface area (Å²) in [6.07, 6.45) is 6.55. The summed E-state index contributed by atoms with van der Waals surface area (Å²) >= 11 is 0. The average Bonchev–Trinajstić information content (AvgIpc) is 3.44. The highest BCUT2D eigenvalue weighted by Gasteiger charge is 2.26. The Kier molecular flexibility index (Phi) is 10.6. The number of fused-ring (bicyclic) bond motifs is 1. The number of carbonyl (C=O) groups is 1. The molecule has 1 amide bonds. The van der Waals surface area contributed by atoms with Crippen LogP contribution >= 0.6 is 0 Å². The topological polar surface area (TPSA) is 163 Å². The van der Waals surface area contributed by atoms with E-state index in [4.69, 9.17) is 21.2 Å². The smallest absolute Gasteiger partial charge is 0.410 e. The minimum Gasteiger partial charge on any atom is -0.444 e. The largest absolute Gasteiger partial charge is 0.444 e. The van der Waals surface area contributed by atoms with Crippen LogP contribution in [0.15, 0.2) is 41.7 Å². The lowest BCUT2D eigenvalue weighted by atomic mass is 10.0. The molecule has 1 aliphatic heterocycles. The molecule has 1 aliphatic rings. The summed E-state index contributed by atoms with van der Waals surface area (Å²) in [7, 11) is 0. The Morgan fingerprint density at radius 1 is 1.23 bits per heavy atom. The molecule has 238 valence electrons. The maximum atomic E-state index is 12.4. The van der Waals surface area contributed by atoms with E-state index >= 15 is 0 Å². The molecule has 44 heavy (non-hydrogen) atoms. The number of aromatic nitrogens is 3. The number of likely N-dealkylation sites (N-methyl/N-ethyl adjacent to an activating group) is 1. The van der Waals surface area contributed by atoms with Crippen LogP contribution in [0.25, 0.3) is 16.7 Å². The summed E-state index contributed by atoms with van der Waals surface area (Å²) in [5, 5.41) is 6.90. The number of hydrogen-bond acceptors (Lipinski definition) is 10. The van der Waals surface area contributed by atoms with Crippen molar-refractivity contribution in [1.29, 1.82) is 0 Å². The number of nitrogens with two attached hydrogens (primary N) is 2. The molecule has 2 aromatic heterocycles. The van der Waals surface area contributed by atoms with E-state index in [1.807, 2.05) is 33.1 Å². The quantitative estimate of drug-likeness (QED) is 0.188. The zero-order chi connectivity index (χ0) is 31.9. The number of piperidine rings is 1. The van der Waals surface area contributed by atoms with Gasteiger partial charge in [0.05, 0.1) is 17.4 Å². The molecule has 1 aromatic carbocycles. The van der Waals surface area contributed by atoms with E-state index in [0.717, 1.165) is 54.0 Å². The third-order valence-electron chi connectivity index (χ3n) is 7.58. The van der Waals surface area contributed by atoms with Crippen LogP contribution in [-0.2, 0) is 4.74 Å². The van der Waals surface area contributed by atoms with Crippen LogP contribution < -0.4 is 27.0 Å². The lowest BCUT2D eigenvalue weighted by molar-refractivity contribution is 0.0207. The highest BCUT2D eigenvalue weighted by Crippen LogP contribution is 2.31. The Morgan fingerprint density at radius 3 is 2.64 bits per heavy atom. The van der Waals surface area contributed by atoms with Crippen LogP contribution in [0, 0.1) is 0 Å². The van der Waals surface area contributed by atoms with Gasteiger partial charge in [0.1, 0.15) is 11.1 Å². The molecule has 0 spiro atoms. The van der Waals surface area contributed by atoms with Crippen molar-refractivity contribution >= 4 is 52.1 Å². The number of nitrogens with one attached hydrogen (secondary N) is 3. The molecule has 0 radical (unpaired) electrons. The Bertz CT molecular complexity index is 1470. The summed E-state index contributed by atoms with van der Waals surface area (Å²) < 4.78 is 5.52. The number of carbonyl (C=O) groups excluding carboxylic acids is 1. The van der Waals surface area contributed by atoms with E-state index in [1.54, 1.807) is 17.3 Å². The molecular weight excluding hydrogens is 556 g/mol. The second kappa shape index (κ2) is 14.3. The Labute approximate surface area is 260 Å². The number of nitrogen functional groups attached to an aromatic ring is 1. The molecule has 12 nitrogen and oxygen atoms in total. The Morgan fingerprint density at radius 2 is 1.98 bits per heavy atom. The van der Waals surface area contributed by atoms with Gasteiger partial charge in [0, 0.05) is 63.0 Å². The number of anilines is 4. The van der Waals surface area contributed by atoms with Gasteiger partial charge in [-0.2, -0.15) is 0 Å². The van der Waals surface area contributed by atoms with Crippen molar-refractivity contribution in [3.05, 3.63) is 42.2 Å². The van der Waals surface area contributed by atoms with Crippen molar-refractivity contribution < 1.29 is 9.53 Å². The number of rotatable bonds is 11. The normalized spacial score (nSPS) is 15.5. The predicted molar refractivity (Wildman–Crippen MR) is 181 cm³/mol. The molecule has 1 unspecified atom stereocenters. The maximum Gasteiger partial charge on any atom is 0.410 e. The standard InChI is InChI=1S/C32H48N10O2/c1-7-35-25-10-9-22(23(18-33)20-37-24-12-15-41(16-13-24)31(43)44-32(4,5)6)17-27(25)42(8-2)21(3)19-38-30-28(34)40-29-26(39-30)11-14-36-29/h9-11,14,17-18,20-21,24,35H,7-8,12-13,15-16,19,33H2,1-6H3,(H,38,39)(H3,34,36,40). The van der Waals surface area contributed by atoms with Crippen molar-refractivity contribution in [1.82, 2.24) is 19.9 Å². The van der Waals surface area contributed by atoms with Crippen molar-refractivity contribution in [3.8, 4) is 0 Å². The zero-order valence-electron chi connectivity index (χ0n) is 26.9. The molecule has 1 atom stereocenters. The van der Waals surface area contributed by atoms with Crippen molar-refractivity contribution in [3.63, 3.8) is 0 Å². The Balaban J connectivity index is 1.46. The first-order chi connectivity index (χ1) is 21.0. The lowest BCUT2D eigenvalue weighted by Gasteiger charge is -2.33. The molecule has 0 saturated carbocycles. The minimum atomic E-state index is -0.504. The first-order valence-electron chi connectivity index (χ1n) is 15.4. The van der Waals surface area contributed by atoms with E-state index < -0.39 is 5.60 Å². The van der Waals surface area contributed by atoms with Crippen molar-refractivity contribution in [2.45, 2.75) is 72.1 Å². The van der Waals surface area contributed by atoms with Crippen LogP contribution in [0.1, 0.15) is 59.9 Å². The van der Waals surface area contributed by atoms with Crippen molar-refractivity contribution in [2.24, 2.45) is 10.7 Å². The summed E-state index contributed by atoms with van der Waals surface area (Å²) in [6, 6.07) is 8.41. The van der Waals surface area contributed by atoms with Crippen LogP contribution in [0.4, 0.5) is 27.8 Å². The van der Waals surface area contributed by atoms with Gasteiger partial charge in [-0.15, -0.1) is 0 Å². The van der Waals surface area contributed by atoms with E-state index in [0.29, 0.717) is 36.9 Å². The second-order valence-electron chi connectivity index (χ2n) is 12.0. The highest BCUT2D eigenvalue weighted by molar-refractivity contribution is 6.10. The number of nitrogens with zero attached hydrogens (tertiary/aromatic N) is 5. The number of benzene rings is 1. The van der Waals surface area contributed by atoms with Crippen LogP contribution in [0.2, 0.25) is 0 Å². The molecule has 3 aromatic rings. The van der Waals surface area contributed by atoms with E-state index in [9.17, 15) is 4.79 Å². The molecule has 7 N–H and O–H groups in total. The summed E-state index contributed by atoms with van der Waals surface area (Å²) in [5.41, 5.74) is 17.2.